The van der Waals surface area contributed by atoms with E-state index >= 15 is 0 Å². The first-order valence-electron chi connectivity index (χ1n) is 8.92. The minimum atomic E-state index is -1.25. The maximum absolute atomic E-state index is 12.3. The molecule has 7 nitrogen and oxygen atoms in total. The van der Waals surface area contributed by atoms with E-state index in [2.05, 4.69) is 5.32 Å². The van der Waals surface area contributed by atoms with Crippen LogP contribution < -0.4 is 5.32 Å². The summed E-state index contributed by atoms with van der Waals surface area (Å²) in [6, 6.07) is 0. The van der Waals surface area contributed by atoms with Crippen LogP contribution in [0.1, 0.15) is 66.7 Å². The Morgan fingerprint density at radius 3 is 2.16 bits per heavy atom. The third kappa shape index (κ3) is 7.75. The van der Waals surface area contributed by atoms with Crippen molar-refractivity contribution in [1.29, 1.82) is 0 Å². The van der Waals surface area contributed by atoms with Gasteiger partial charge in [0.1, 0.15) is 11.5 Å². The van der Waals surface area contributed by atoms with Gasteiger partial charge in [0.15, 0.2) is 6.23 Å². The van der Waals surface area contributed by atoms with Crippen molar-refractivity contribution < 1.29 is 29.0 Å². The summed E-state index contributed by atoms with van der Waals surface area (Å²) in [6.45, 7) is 8.86. The van der Waals surface area contributed by atoms with Crippen LogP contribution in [-0.4, -0.2) is 35.0 Å². The number of rotatable bonds is 7. The summed E-state index contributed by atoms with van der Waals surface area (Å²) in [4.78, 5) is 36.1. The van der Waals surface area contributed by atoms with Crippen LogP contribution in [-0.2, 0) is 19.1 Å². The Morgan fingerprint density at radius 2 is 1.72 bits per heavy atom. The van der Waals surface area contributed by atoms with Gasteiger partial charge in [0, 0.05) is 0 Å². The van der Waals surface area contributed by atoms with Gasteiger partial charge in [-0.1, -0.05) is 26.7 Å². The number of aliphatic carboxylic acids is 1. The van der Waals surface area contributed by atoms with Crippen LogP contribution in [0.3, 0.4) is 0 Å². The number of carbonyl (C=O) groups is 3. The smallest absolute Gasteiger partial charge is 0.410 e. The number of nitrogens with one attached hydrogen (secondary N) is 1. The lowest BCUT2D eigenvalue weighted by Crippen LogP contribution is -2.48. The van der Waals surface area contributed by atoms with E-state index < -0.39 is 35.8 Å². The third-order valence-electron chi connectivity index (χ3n) is 4.00. The van der Waals surface area contributed by atoms with Crippen LogP contribution in [0.25, 0.3) is 0 Å². The largest absolute Gasteiger partial charge is 0.481 e. The molecule has 0 radical (unpaired) electrons. The molecule has 25 heavy (non-hydrogen) atoms. The second kappa shape index (κ2) is 9.06. The molecule has 0 spiro atoms. The average molecular weight is 357 g/mol. The zero-order chi connectivity index (χ0) is 19.2. The van der Waals surface area contributed by atoms with Gasteiger partial charge in [-0.3, -0.25) is 14.9 Å². The average Bonchev–Trinajstić information content (AvgIpc) is 2.95. The molecule has 0 aromatic rings. The van der Waals surface area contributed by atoms with Gasteiger partial charge in [0.25, 0.3) is 0 Å². The van der Waals surface area contributed by atoms with E-state index in [1.807, 2.05) is 13.8 Å². The van der Waals surface area contributed by atoms with Crippen molar-refractivity contribution in [1.82, 2.24) is 5.32 Å². The summed E-state index contributed by atoms with van der Waals surface area (Å²) in [6.07, 6.45) is 1.61. The van der Waals surface area contributed by atoms with Crippen molar-refractivity contribution >= 4 is 18.0 Å². The lowest BCUT2D eigenvalue weighted by atomic mass is 9.95. The second-order valence-corrected chi connectivity index (χ2v) is 8.06. The molecule has 144 valence electrons. The summed E-state index contributed by atoms with van der Waals surface area (Å²) in [5.74, 6) is -2.76. The number of hydrogen-bond acceptors (Lipinski definition) is 5. The number of ether oxygens (including phenoxy) is 2. The van der Waals surface area contributed by atoms with E-state index in [1.165, 1.54) is 0 Å². The zero-order valence-electron chi connectivity index (χ0n) is 15.8. The fourth-order valence-corrected chi connectivity index (χ4v) is 2.88. The first-order chi connectivity index (χ1) is 11.5. The lowest BCUT2D eigenvalue weighted by Gasteiger charge is -2.28. The third-order valence-corrected chi connectivity index (χ3v) is 4.00. The highest BCUT2D eigenvalue weighted by atomic mass is 16.6. The monoisotopic (exact) mass is 357 g/mol. The zero-order valence-corrected chi connectivity index (χ0v) is 15.8. The van der Waals surface area contributed by atoms with Crippen LogP contribution in [0.15, 0.2) is 0 Å². The first-order valence-corrected chi connectivity index (χ1v) is 8.92. The van der Waals surface area contributed by atoms with E-state index in [4.69, 9.17) is 9.47 Å². The molecule has 0 aromatic carbocycles. The maximum Gasteiger partial charge on any atom is 0.410 e. The molecule has 1 saturated carbocycles. The van der Waals surface area contributed by atoms with Crippen molar-refractivity contribution in [2.24, 2.45) is 17.8 Å². The standard InChI is InChI=1S/C18H31NO6/c1-11(2)10-13(15(20)21)14(19-17(23)25-18(3,4)5)24-16(22)12-8-6-7-9-12/h11-14H,6-10H2,1-5H3,(H,19,23)(H,20,21). The van der Waals surface area contributed by atoms with Gasteiger partial charge >= 0.3 is 18.0 Å². The fourth-order valence-electron chi connectivity index (χ4n) is 2.88. The molecule has 2 N–H and O–H groups in total. The number of esters is 1. The number of carboxylic acids is 1. The predicted octanol–water partition coefficient (Wildman–Crippen LogP) is 3.32. The molecule has 2 atom stereocenters. The van der Waals surface area contributed by atoms with Crippen molar-refractivity contribution in [2.45, 2.75) is 78.6 Å². The van der Waals surface area contributed by atoms with Gasteiger partial charge in [0.05, 0.1) is 5.92 Å². The molecule has 1 fully saturated rings. The van der Waals surface area contributed by atoms with Crippen molar-refractivity contribution in [2.75, 3.05) is 0 Å². The number of alkyl carbamates (subject to hydrolysis) is 1. The number of hydrogen-bond donors (Lipinski definition) is 2. The van der Waals surface area contributed by atoms with E-state index in [0.717, 1.165) is 25.7 Å². The van der Waals surface area contributed by atoms with Crippen LogP contribution in [0.5, 0.6) is 0 Å². The molecule has 1 amide bonds. The lowest BCUT2D eigenvalue weighted by molar-refractivity contribution is -0.164. The van der Waals surface area contributed by atoms with Gasteiger partial charge < -0.3 is 14.6 Å². The molecule has 0 bridgehead atoms. The van der Waals surface area contributed by atoms with Crippen LogP contribution in [0, 0.1) is 17.8 Å². The number of amides is 1. The maximum atomic E-state index is 12.3. The summed E-state index contributed by atoms with van der Waals surface area (Å²) < 4.78 is 10.6. The molecule has 2 unspecified atom stereocenters. The minimum absolute atomic E-state index is 0.0641. The Morgan fingerprint density at radius 1 is 1.16 bits per heavy atom. The summed E-state index contributed by atoms with van der Waals surface area (Å²) in [5, 5.41) is 12.0. The van der Waals surface area contributed by atoms with Gasteiger partial charge in [-0.05, 0) is 46.0 Å². The molecule has 1 rings (SSSR count). The van der Waals surface area contributed by atoms with Crippen molar-refractivity contribution in [3.8, 4) is 0 Å². The van der Waals surface area contributed by atoms with Crippen molar-refractivity contribution in [3.63, 3.8) is 0 Å². The Balaban J connectivity index is 2.88. The minimum Gasteiger partial charge on any atom is -0.481 e. The number of carbonyl (C=O) groups excluding carboxylic acids is 2. The molecular weight excluding hydrogens is 326 g/mol. The molecular formula is C18H31NO6. The summed E-state index contributed by atoms with van der Waals surface area (Å²) >= 11 is 0. The van der Waals surface area contributed by atoms with Gasteiger partial charge in [-0.15, -0.1) is 0 Å². The predicted molar refractivity (Wildman–Crippen MR) is 91.8 cm³/mol. The van der Waals surface area contributed by atoms with Gasteiger partial charge in [-0.2, -0.15) is 0 Å². The van der Waals surface area contributed by atoms with Gasteiger partial charge in [-0.25, -0.2) is 4.79 Å². The van der Waals surface area contributed by atoms with E-state index in [-0.39, 0.29) is 18.3 Å². The molecule has 0 heterocycles. The summed E-state index contributed by atoms with van der Waals surface area (Å²) in [5.41, 5.74) is -0.735. The Bertz CT molecular complexity index is 476. The van der Waals surface area contributed by atoms with Gasteiger partial charge in [0.2, 0.25) is 0 Å². The van der Waals surface area contributed by atoms with Crippen molar-refractivity contribution in [3.05, 3.63) is 0 Å². The summed E-state index contributed by atoms with van der Waals surface area (Å²) in [7, 11) is 0. The molecule has 0 saturated heterocycles. The molecule has 7 heteroatoms. The second-order valence-electron chi connectivity index (χ2n) is 8.06. The Hall–Kier alpha value is -1.79. The number of carboxylic acid groups (broad SMARTS) is 1. The first kappa shape index (κ1) is 21.3. The highest BCUT2D eigenvalue weighted by Crippen LogP contribution is 2.27. The van der Waals surface area contributed by atoms with Crippen LogP contribution >= 0.6 is 0 Å². The van der Waals surface area contributed by atoms with Crippen LogP contribution in [0.2, 0.25) is 0 Å². The topological polar surface area (TPSA) is 102 Å². The van der Waals surface area contributed by atoms with Crippen LogP contribution in [0.4, 0.5) is 4.79 Å². The normalized spacial score (nSPS) is 17.8. The Kier molecular flexibility index (Phi) is 7.70. The fraction of sp³-hybridized carbons (Fsp3) is 0.833. The SMILES string of the molecule is CC(C)CC(C(=O)O)C(NC(=O)OC(C)(C)C)OC(=O)C1CCCC1. The van der Waals surface area contributed by atoms with E-state index in [1.54, 1.807) is 20.8 Å². The van der Waals surface area contributed by atoms with E-state index in [0.29, 0.717) is 0 Å². The van der Waals surface area contributed by atoms with E-state index in [9.17, 15) is 19.5 Å². The molecule has 0 aromatic heterocycles. The highest BCUT2D eigenvalue weighted by Gasteiger charge is 2.36. The Labute approximate surface area is 149 Å². The quantitative estimate of drug-likeness (QED) is 0.535. The molecule has 1 aliphatic carbocycles. The highest BCUT2D eigenvalue weighted by molar-refractivity contribution is 5.76. The molecule has 0 aliphatic heterocycles. The molecule has 1 aliphatic rings.